The van der Waals surface area contributed by atoms with Gasteiger partial charge in [-0.2, -0.15) is 5.26 Å². The highest BCUT2D eigenvalue weighted by molar-refractivity contribution is 7.92. The van der Waals surface area contributed by atoms with Gasteiger partial charge in [0, 0.05) is 36.1 Å². The number of nitrogens with zero attached hydrogens (tertiary/aromatic N) is 3. The second-order valence-electron chi connectivity index (χ2n) is 8.31. The number of sulfone groups is 1. The fourth-order valence-corrected chi connectivity index (χ4v) is 7.00. The maximum absolute atomic E-state index is 12.7. The van der Waals surface area contributed by atoms with Gasteiger partial charge in [0.15, 0.2) is 9.84 Å². The van der Waals surface area contributed by atoms with Crippen LogP contribution in [0.25, 0.3) is 21.6 Å². The first-order chi connectivity index (χ1) is 16.6. The average molecular weight is 529 g/mol. The highest BCUT2D eigenvalue weighted by atomic mass is 32.2. The van der Waals surface area contributed by atoms with Crippen LogP contribution in [0.5, 0.6) is 0 Å². The van der Waals surface area contributed by atoms with E-state index in [4.69, 9.17) is 5.26 Å². The average Bonchev–Trinajstić information content (AvgIpc) is 3.47. The summed E-state index contributed by atoms with van der Waals surface area (Å²) in [5, 5.41) is 13.9. The van der Waals surface area contributed by atoms with Crippen molar-refractivity contribution >= 4 is 47.9 Å². The Hall–Kier alpha value is -3.31. The van der Waals surface area contributed by atoms with Crippen molar-refractivity contribution in [1.82, 2.24) is 19.7 Å². The van der Waals surface area contributed by atoms with E-state index < -0.39 is 19.9 Å². The Bertz CT molecular complexity index is 1680. The van der Waals surface area contributed by atoms with Gasteiger partial charge < -0.3 is 10.3 Å². The van der Waals surface area contributed by atoms with Crippen molar-refractivity contribution in [2.75, 3.05) is 11.6 Å². The van der Waals surface area contributed by atoms with Crippen LogP contribution in [0.3, 0.4) is 0 Å². The minimum atomic E-state index is -3.75. The van der Waals surface area contributed by atoms with E-state index in [1.165, 1.54) is 18.3 Å². The SMILES string of the molecule is CS(=O)(=O)c1cnc(-c2cnc3[nH]ccc3c2N[C@H]2C[C@@H](NS(=O)(=O)c3cccc(C#N)c3)C2)s1. The third kappa shape index (κ3) is 4.65. The number of fused-ring (bicyclic) bond motifs is 1. The van der Waals surface area contributed by atoms with Gasteiger partial charge in [-0.3, -0.25) is 0 Å². The predicted molar refractivity (Wildman–Crippen MR) is 132 cm³/mol. The van der Waals surface area contributed by atoms with Gasteiger partial charge in [0.2, 0.25) is 10.0 Å². The van der Waals surface area contributed by atoms with Gasteiger partial charge in [-0.05, 0) is 37.1 Å². The number of H-pyrrole nitrogens is 1. The molecule has 3 heterocycles. The lowest BCUT2D eigenvalue weighted by atomic mass is 9.87. The summed E-state index contributed by atoms with van der Waals surface area (Å²) in [5.74, 6) is 0. The summed E-state index contributed by atoms with van der Waals surface area (Å²) < 4.78 is 52.2. The lowest BCUT2D eigenvalue weighted by molar-refractivity contribution is 0.346. The minimum absolute atomic E-state index is 0.0123. The Morgan fingerprint density at radius 2 is 1.91 bits per heavy atom. The van der Waals surface area contributed by atoms with E-state index in [0.29, 0.717) is 29.1 Å². The molecule has 0 radical (unpaired) electrons. The third-order valence-corrected chi connectivity index (χ3v) is 10.1. The lowest BCUT2D eigenvalue weighted by Gasteiger charge is -2.37. The van der Waals surface area contributed by atoms with Crippen molar-refractivity contribution in [2.45, 2.75) is 34.0 Å². The normalized spacial score (nSPS) is 18.2. The van der Waals surface area contributed by atoms with E-state index >= 15 is 0 Å². The first-order valence-corrected chi connectivity index (χ1v) is 14.7. The van der Waals surface area contributed by atoms with Gasteiger partial charge in [-0.1, -0.05) is 6.07 Å². The molecule has 0 aliphatic heterocycles. The molecule has 0 bridgehead atoms. The summed E-state index contributed by atoms with van der Waals surface area (Å²) in [7, 11) is -7.12. The molecule has 1 aromatic carbocycles. The Labute approximate surface area is 206 Å². The molecule has 0 atom stereocenters. The number of aromatic amines is 1. The van der Waals surface area contributed by atoms with Crippen LogP contribution in [0.1, 0.15) is 18.4 Å². The summed E-state index contributed by atoms with van der Waals surface area (Å²) in [6, 6.07) is 9.46. The number of nitrogens with one attached hydrogen (secondary N) is 3. The number of anilines is 1. The summed E-state index contributed by atoms with van der Waals surface area (Å²) in [6.45, 7) is 0. The summed E-state index contributed by atoms with van der Waals surface area (Å²) in [4.78, 5) is 11.8. The quantitative estimate of drug-likeness (QED) is 0.330. The van der Waals surface area contributed by atoms with Crippen LogP contribution in [0.15, 0.2) is 58.0 Å². The maximum Gasteiger partial charge on any atom is 0.240 e. The smallest absolute Gasteiger partial charge is 0.240 e. The van der Waals surface area contributed by atoms with Gasteiger partial charge in [0.25, 0.3) is 0 Å². The number of hydrogen-bond acceptors (Lipinski definition) is 9. The summed E-state index contributed by atoms with van der Waals surface area (Å²) in [5.41, 5.74) is 2.39. The molecule has 180 valence electrons. The third-order valence-electron chi connectivity index (χ3n) is 5.75. The number of hydrogen-bond donors (Lipinski definition) is 3. The minimum Gasteiger partial charge on any atom is -0.381 e. The fourth-order valence-electron chi connectivity index (χ4n) is 3.94. The molecule has 10 nitrogen and oxygen atoms in total. The number of aromatic nitrogens is 3. The zero-order valence-corrected chi connectivity index (χ0v) is 20.8. The van der Waals surface area contributed by atoms with Crippen molar-refractivity contribution in [3.05, 3.63) is 54.5 Å². The van der Waals surface area contributed by atoms with E-state index in [1.807, 2.05) is 12.1 Å². The van der Waals surface area contributed by atoms with Crippen LogP contribution < -0.4 is 10.0 Å². The van der Waals surface area contributed by atoms with Gasteiger partial charge in [0.1, 0.15) is 14.9 Å². The molecule has 1 saturated carbocycles. The number of sulfonamides is 1. The molecule has 1 fully saturated rings. The van der Waals surface area contributed by atoms with Crippen LogP contribution in [0, 0.1) is 11.3 Å². The van der Waals surface area contributed by atoms with E-state index in [9.17, 15) is 16.8 Å². The molecule has 5 rings (SSSR count). The molecule has 3 N–H and O–H groups in total. The highest BCUT2D eigenvalue weighted by Crippen LogP contribution is 2.38. The Balaban J connectivity index is 1.35. The number of nitriles is 1. The van der Waals surface area contributed by atoms with Crippen LogP contribution in [-0.2, 0) is 19.9 Å². The fraction of sp³-hybridized carbons (Fsp3) is 0.227. The summed E-state index contributed by atoms with van der Waals surface area (Å²) in [6.07, 6.45) is 7.00. The van der Waals surface area contributed by atoms with Crippen molar-refractivity contribution in [1.29, 1.82) is 5.26 Å². The molecule has 35 heavy (non-hydrogen) atoms. The largest absolute Gasteiger partial charge is 0.381 e. The Morgan fingerprint density at radius 3 is 2.63 bits per heavy atom. The molecule has 13 heteroatoms. The molecule has 1 aliphatic rings. The number of rotatable bonds is 7. The molecule has 4 aromatic rings. The van der Waals surface area contributed by atoms with Crippen molar-refractivity contribution in [2.24, 2.45) is 0 Å². The van der Waals surface area contributed by atoms with Crippen molar-refractivity contribution < 1.29 is 16.8 Å². The topological polar surface area (TPSA) is 158 Å². The maximum atomic E-state index is 12.7. The second-order valence-corrected chi connectivity index (χ2v) is 13.3. The molecule has 0 saturated heterocycles. The highest BCUT2D eigenvalue weighted by Gasteiger charge is 2.34. The number of benzene rings is 1. The first kappa shape index (κ1) is 23.4. The van der Waals surface area contributed by atoms with Crippen LogP contribution in [0.2, 0.25) is 0 Å². The zero-order valence-electron chi connectivity index (χ0n) is 18.4. The van der Waals surface area contributed by atoms with Gasteiger partial charge in [0.05, 0.1) is 34.0 Å². The monoisotopic (exact) mass is 528 g/mol. The Kier molecular flexibility index (Phi) is 5.84. The van der Waals surface area contributed by atoms with E-state index in [-0.39, 0.29) is 26.8 Å². The first-order valence-electron chi connectivity index (χ1n) is 10.6. The van der Waals surface area contributed by atoms with Crippen molar-refractivity contribution in [3.63, 3.8) is 0 Å². The van der Waals surface area contributed by atoms with Crippen LogP contribution in [0.4, 0.5) is 5.69 Å². The Morgan fingerprint density at radius 1 is 1.11 bits per heavy atom. The van der Waals surface area contributed by atoms with Crippen LogP contribution in [-0.4, -0.2) is 50.1 Å². The molecular weight excluding hydrogens is 508 g/mol. The summed E-state index contributed by atoms with van der Waals surface area (Å²) >= 11 is 1.08. The van der Waals surface area contributed by atoms with Gasteiger partial charge in [-0.25, -0.2) is 31.5 Å². The number of thiazole rings is 1. The van der Waals surface area contributed by atoms with E-state index in [1.54, 1.807) is 24.5 Å². The van der Waals surface area contributed by atoms with Gasteiger partial charge >= 0.3 is 0 Å². The molecule has 1 aliphatic carbocycles. The zero-order chi connectivity index (χ0) is 24.8. The molecule has 0 spiro atoms. The standard InChI is InChI=1S/C22H20N6O4S3/c1-34(29,30)19-12-26-22(33-19)18-11-25-21-17(5-6-24-21)20(18)27-14-8-15(9-14)28-35(31,32)16-4-2-3-13(7-16)10-23/h2-7,11-12,14-15,28H,8-9H2,1H3,(H2,24,25,27)/t14-,15+. The van der Waals surface area contributed by atoms with E-state index in [2.05, 4.69) is 25.0 Å². The molecule has 0 unspecified atom stereocenters. The van der Waals surface area contributed by atoms with E-state index in [0.717, 1.165) is 28.7 Å². The number of pyridine rings is 1. The van der Waals surface area contributed by atoms with Gasteiger partial charge in [-0.15, -0.1) is 11.3 Å². The lowest BCUT2D eigenvalue weighted by Crippen LogP contribution is -2.49. The molecular formula is C22H20N6O4S3. The van der Waals surface area contributed by atoms with Crippen molar-refractivity contribution in [3.8, 4) is 16.6 Å². The second kappa shape index (κ2) is 8.72. The molecule has 3 aromatic heterocycles. The predicted octanol–water partition coefficient (Wildman–Crippen LogP) is 2.88. The van der Waals surface area contributed by atoms with Crippen LogP contribution >= 0.6 is 11.3 Å². The molecule has 0 amide bonds.